The first-order valence-corrected chi connectivity index (χ1v) is 7.91. The number of carbonyl (C=O) groups is 2. The fraction of sp³-hybridized carbons (Fsp3) is 0.867. The molecule has 1 heterocycles. The molecule has 2 rings (SSSR count). The van der Waals surface area contributed by atoms with Crippen molar-refractivity contribution in [2.75, 3.05) is 26.7 Å². The molecule has 0 aromatic carbocycles. The maximum Gasteiger partial charge on any atom is 0.225 e. The Morgan fingerprint density at radius 3 is 2.75 bits per heavy atom. The van der Waals surface area contributed by atoms with Gasteiger partial charge < -0.3 is 15.5 Å². The van der Waals surface area contributed by atoms with Gasteiger partial charge in [0.2, 0.25) is 11.8 Å². The van der Waals surface area contributed by atoms with E-state index in [9.17, 15) is 9.59 Å². The van der Waals surface area contributed by atoms with Gasteiger partial charge in [-0.3, -0.25) is 9.59 Å². The van der Waals surface area contributed by atoms with Gasteiger partial charge in [0.25, 0.3) is 0 Å². The third kappa shape index (κ3) is 4.47. The van der Waals surface area contributed by atoms with Crippen LogP contribution in [-0.4, -0.2) is 49.4 Å². The molecule has 1 saturated carbocycles. The lowest BCUT2D eigenvalue weighted by atomic mass is 9.94. The molecule has 0 radical (unpaired) electrons. The number of hydrogen-bond donors (Lipinski definition) is 2. The van der Waals surface area contributed by atoms with Crippen molar-refractivity contribution in [3.05, 3.63) is 0 Å². The molecule has 1 aliphatic heterocycles. The zero-order chi connectivity index (χ0) is 14.4. The van der Waals surface area contributed by atoms with Gasteiger partial charge in [-0.25, -0.2) is 0 Å². The highest BCUT2D eigenvalue weighted by Gasteiger charge is 2.27. The minimum Gasteiger partial charge on any atom is -0.356 e. The monoisotopic (exact) mass is 281 g/mol. The molecule has 1 unspecified atom stereocenters. The largest absolute Gasteiger partial charge is 0.356 e. The maximum absolute atomic E-state index is 11.8. The van der Waals surface area contributed by atoms with Gasteiger partial charge in [-0.1, -0.05) is 19.3 Å². The smallest absolute Gasteiger partial charge is 0.225 e. The highest BCUT2D eigenvalue weighted by Crippen LogP contribution is 2.21. The van der Waals surface area contributed by atoms with Gasteiger partial charge in [0, 0.05) is 25.6 Å². The van der Waals surface area contributed by atoms with E-state index in [0.29, 0.717) is 19.5 Å². The summed E-state index contributed by atoms with van der Waals surface area (Å²) in [6.45, 7) is 2.24. The summed E-state index contributed by atoms with van der Waals surface area (Å²) in [4.78, 5) is 25.3. The van der Waals surface area contributed by atoms with Gasteiger partial charge in [0.15, 0.2) is 0 Å². The summed E-state index contributed by atoms with van der Waals surface area (Å²) in [5.74, 6) is -0.163. The van der Waals surface area contributed by atoms with Crippen LogP contribution in [0.2, 0.25) is 0 Å². The predicted molar refractivity (Wildman–Crippen MR) is 78.2 cm³/mol. The number of rotatable bonds is 6. The van der Waals surface area contributed by atoms with E-state index in [1.54, 1.807) is 0 Å². The molecule has 5 nitrogen and oxygen atoms in total. The molecular weight excluding hydrogens is 254 g/mol. The molecule has 0 bridgehead atoms. The number of nitrogens with zero attached hydrogens (tertiary/aromatic N) is 1. The average Bonchev–Trinajstić information content (AvgIpc) is 2.91. The van der Waals surface area contributed by atoms with Crippen molar-refractivity contribution in [2.24, 2.45) is 5.92 Å². The molecule has 2 amide bonds. The van der Waals surface area contributed by atoms with Crippen molar-refractivity contribution in [1.82, 2.24) is 15.5 Å². The lowest BCUT2D eigenvalue weighted by molar-refractivity contribution is -0.126. The predicted octanol–water partition coefficient (Wildman–Crippen LogP) is 0.893. The molecule has 2 fully saturated rings. The van der Waals surface area contributed by atoms with Gasteiger partial charge in [-0.05, 0) is 32.9 Å². The van der Waals surface area contributed by atoms with Crippen molar-refractivity contribution < 1.29 is 9.59 Å². The van der Waals surface area contributed by atoms with E-state index in [-0.39, 0.29) is 17.7 Å². The Balaban J connectivity index is 1.56. The van der Waals surface area contributed by atoms with Gasteiger partial charge in [-0.2, -0.15) is 0 Å². The van der Waals surface area contributed by atoms with E-state index in [1.165, 1.54) is 32.1 Å². The van der Waals surface area contributed by atoms with Crippen molar-refractivity contribution >= 4 is 11.8 Å². The Bertz CT molecular complexity index is 340. The normalized spacial score (nSPS) is 23.9. The fourth-order valence-corrected chi connectivity index (χ4v) is 3.18. The third-order valence-corrected chi connectivity index (χ3v) is 4.53. The molecule has 5 heteroatoms. The second-order valence-corrected chi connectivity index (χ2v) is 6.12. The second kappa shape index (κ2) is 7.62. The first-order valence-electron chi connectivity index (χ1n) is 7.91. The Kier molecular flexibility index (Phi) is 5.83. The molecular formula is C15H27N3O2. The standard InChI is InChI=1S/C15H27N3O2/c1-18(13-6-3-2-4-7-13)9-5-8-16-15(20)12-10-14(19)17-11-12/h12-13H,2-11H2,1H3,(H,16,20)(H,17,19). The van der Waals surface area contributed by atoms with Crippen LogP contribution in [0, 0.1) is 5.92 Å². The minimum absolute atomic E-state index is 0.0119. The van der Waals surface area contributed by atoms with E-state index >= 15 is 0 Å². The van der Waals surface area contributed by atoms with Crippen LogP contribution in [0.3, 0.4) is 0 Å². The molecule has 1 aliphatic carbocycles. The lowest BCUT2D eigenvalue weighted by Gasteiger charge is -2.31. The van der Waals surface area contributed by atoms with Crippen molar-refractivity contribution in [3.63, 3.8) is 0 Å². The highest BCUT2D eigenvalue weighted by molar-refractivity contribution is 5.89. The van der Waals surface area contributed by atoms with Crippen molar-refractivity contribution in [2.45, 2.75) is 51.0 Å². The van der Waals surface area contributed by atoms with Crippen LogP contribution in [-0.2, 0) is 9.59 Å². The Labute approximate surface area is 121 Å². The van der Waals surface area contributed by atoms with Crippen LogP contribution >= 0.6 is 0 Å². The van der Waals surface area contributed by atoms with E-state index in [4.69, 9.17) is 0 Å². The van der Waals surface area contributed by atoms with Crippen LogP contribution in [0.1, 0.15) is 44.9 Å². The fourth-order valence-electron chi connectivity index (χ4n) is 3.18. The average molecular weight is 281 g/mol. The zero-order valence-corrected chi connectivity index (χ0v) is 12.5. The number of amides is 2. The SMILES string of the molecule is CN(CCCNC(=O)C1CNC(=O)C1)C1CCCCC1. The highest BCUT2D eigenvalue weighted by atomic mass is 16.2. The molecule has 20 heavy (non-hydrogen) atoms. The molecule has 2 N–H and O–H groups in total. The number of hydrogen-bond acceptors (Lipinski definition) is 3. The maximum atomic E-state index is 11.8. The molecule has 2 aliphatic rings. The zero-order valence-electron chi connectivity index (χ0n) is 12.5. The molecule has 1 saturated heterocycles. The molecule has 1 atom stereocenters. The van der Waals surface area contributed by atoms with Crippen LogP contribution in [0.25, 0.3) is 0 Å². The summed E-state index contributed by atoms with van der Waals surface area (Å²) in [5.41, 5.74) is 0. The van der Waals surface area contributed by atoms with E-state index < -0.39 is 0 Å². The Hall–Kier alpha value is -1.10. The van der Waals surface area contributed by atoms with Crippen molar-refractivity contribution in [1.29, 1.82) is 0 Å². The first kappa shape index (κ1) is 15.3. The summed E-state index contributed by atoms with van der Waals surface area (Å²) in [7, 11) is 2.19. The molecule has 0 aromatic rings. The summed E-state index contributed by atoms with van der Waals surface area (Å²) < 4.78 is 0. The summed E-state index contributed by atoms with van der Waals surface area (Å²) in [6, 6.07) is 0.733. The van der Waals surface area contributed by atoms with Gasteiger partial charge in [0.1, 0.15) is 0 Å². The van der Waals surface area contributed by atoms with Crippen molar-refractivity contribution in [3.8, 4) is 0 Å². The second-order valence-electron chi connectivity index (χ2n) is 6.12. The van der Waals surface area contributed by atoms with Crippen LogP contribution in [0.4, 0.5) is 0 Å². The van der Waals surface area contributed by atoms with Crippen LogP contribution < -0.4 is 10.6 Å². The van der Waals surface area contributed by atoms with Gasteiger partial charge in [-0.15, -0.1) is 0 Å². The number of nitrogens with one attached hydrogen (secondary N) is 2. The first-order chi connectivity index (χ1) is 9.66. The van der Waals surface area contributed by atoms with E-state index in [2.05, 4.69) is 22.6 Å². The Morgan fingerprint density at radius 1 is 1.35 bits per heavy atom. The number of carbonyl (C=O) groups excluding carboxylic acids is 2. The topological polar surface area (TPSA) is 61.4 Å². The summed E-state index contributed by atoms with van der Waals surface area (Å²) in [5, 5.41) is 5.64. The lowest BCUT2D eigenvalue weighted by Crippen LogP contribution is -2.37. The van der Waals surface area contributed by atoms with Gasteiger partial charge in [0.05, 0.1) is 5.92 Å². The third-order valence-electron chi connectivity index (χ3n) is 4.53. The molecule has 114 valence electrons. The summed E-state index contributed by atoms with van der Waals surface area (Å²) >= 11 is 0. The van der Waals surface area contributed by atoms with E-state index in [0.717, 1.165) is 19.0 Å². The van der Waals surface area contributed by atoms with Crippen LogP contribution in [0.15, 0.2) is 0 Å². The molecule has 0 spiro atoms. The minimum atomic E-state index is -0.168. The van der Waals surface area contributed by atoms with Gasteiger partial charge >= 0.3 is 0 Å². The van der Waals surface area contributed by atoms with E-state index in [1.807, 2.05) is 0 Å². The molecule has 0 aromatic heterocycles. The quantitative estimate of drug-likeness (QED) is 0.711. The Morgan fingerprint density at radius 2 is 2.10 bits per heavy atom. The summed E-state index contributed by atoms with van der Waals surface area (Å²) in [6.07, 6.45) is 8.05. The van der Waals surface area contributed by atoms with Crippen LogP contribution in [0.5, 0.6) is 0 Å².